The Balaban J connectivity index is 2.17. The lowest BCUT2D eigenvalue weighted by molar-refractivity contribution is -0.116. The molecule has 0 unspecified atom stereocenters. The third kappa shape index (κ3) is 1.66. The van der Waals surface area contributed by atoms with Gasteiger partial charge in [-0.3, -0.25) is 4.79 Å². The SMILES string of the molecule is NCCC1=NN(c2nccs2)C(=O)C1. The molecule has 1 aliphatic heterocycles. The van der Waals surface area contributed by atoms with E-state index in [0.29, 0.717) is 24.5 Å². The predicted octanol–water partition coefficient (Wildman–Crippen LogP) is 0.585. The number of nitrogens with zero attached hydrogens (tertiary/aromatic N) is 3. The number of carbonyl (C=O) groups is 1. The molecule has 1 aromatic heterocycles. The number of hydrazone groups is 1. The van der Waals surface area contributed by atoms with Crippen LogP contribution in [0.15, 0.2) is 16.7 Å². The number of anilines is 1. The molecule has 14 heavy (non-hydrogen) atoms. The summed E-state index contributed by atoms with van der Waals surface area (Å²) in [6.07, 6.45) is 2.70. The second-order valence-corrected chi connectivity index (χ2v) is 3.77. The highest BCUT2D eigenvalue weighted by Crippen LogP contribution is 2.22. The number of rotatable bonds is 3. The largest absolute Gasteiger partial charge is 0.330 e. The lowest BCUT2D eigenvalue weighted by Crippen LogP contribution is -2.19. The van der Waals surface area contributed by atoms with Gasteiger partial charge in [-0.2, -0.15) is 10.1 Å². The highest BCUT2D eigenvalue weighted by atomic mass is 32.1. The van der Waals surface area contributed by atoms with Crippen LogP contribution in [-0.2, 0) is 4.79 Å². The minimum atomic E-state index is -0.0246. The fourth-order valence-electron chi connectivity index (χ4n) is 1.26. The van der Waals surface area contributed by atoms with Gasteiger partial charge in [-0.1, -0.05) is 0 Å². The first-order valence-corrected chi connectivity index (χ1v) is 5.18. The van der Waals surface area contributed by atoms with Crippen molar-refractivity contribution >= 4 is 28.1 Å². The van der Waals surface area contributed by atoms with Gasteiger partial charge in [0.15, 0.2) is 0 Å². The summed E-state index contributed by atoms with van der Waals surface area (Å²) in [7, 11) is 0. The van der Waals surface area contributed by atoms with Gasteiger partial charge in [0.05, 0.1) is 6.42 Å². The average Bonchev–Trinajstić information content (AvgIpc) is 2.74. The first kappa shape index (κ1) is 9.29. The summed E-state index contributed by atoms with van der Waals surface area (Å²) in [6, 6.07) is 0. The lowest BCUT2D eigenvalue weighted by atomic mass is 10.2. The molecule has 0 spiro atoms. The van der Waals surface area contributed by atoms with E-state index in [9.17, 15) is 4.79 Å². The molecule has 6 heteroatoms. The standard InChI is InChI=1S/C8H10N4OS/c9-2-1-6-5-7(13)12(11-6)8-10-3-4-14-8/h3-4H,1-2,5,9H2. The summed E-state index contributed by atoms with van der Waals surface area (Å²) in [6.45, 7) is 0.526. The average molecular weight is 210 g/mol. The van der Waals surface area contributed by atoms with E-state index >= 15 is 0 Å². The molecule has 0 fully saturated rings. The zero-order valence-electron chi connectivity index (χ0n) is 7.51. The molecule has 0 atom stereocenters. The van der Waals surface area contributed by atoms with Crippen LogP contribution >= 0.6 is 11.3 Å². The first-order chi connectivity index (χ1) is 6.81. The van der Waals surface area contributed by atoms with Crippen molar-refractivity contribution in [2.75, 3.05) is 11.6 Å². The van der Waals surface area contributed by atoms with E-state index in [1.807, 2.05) is 5.38 Å². The third-order valence-electron chi connectivity index (χ3n) is 1.87. The van der Waals surface area contributed by atoms with E-state index in [2.05, 4.69) is 10.1 Å². The Kier molecular flexibility index (Phi) is 2.55. The number of amides is 1. The van der Waals surface area contributed by atoms with Crippen LogP contribution in [0.2, 0.25) is 0 Å². The van der Waals surface area contributed by atoms with Crippen molar-refractivity contribution in [3.05, 3.63) is 11.6 Å². The molecule has 0 saturated heterocycles. The molecule has 1 aliphatic rings. The zero-order valence-corrected chi connectivity index (χ0v) is 8.33. The van der Waals surface area contributed by atoms with E-state index in [4.69, 9.17) is 5.73 Å². The molecule has 2 N–H and O–H groups in total. The maximum Gasteiger partial charge on any atom is 0.255 e. The molecular weight excluding hydrogens is 200 g/mol. The van der Waals surface area contributed by atoms with Crippen molar-refractivity contribution in [2.24, 2.45) is 10.8 Å². The number of aromatic nitrogens is 1. The smallest absolute Gasteiger partial charge is 0.255 e. The van der Waals surface area contributed by atoms with Gasteiger partial charge >= 0.3 is 0 Å². The van der Waals surface area contributed by atoms with Gasteiger partial charge in [0, 0.05) is 23.7 Å². The van der Waals surface area contributed by atoms with Crippen molar-refractivity contribution in [2.45, 2.75) is 12.8 Å². The van der Waals surface area contributed by atoms with E-state index in [-0.39, 0.29) is 5.91 Å². The minimum absolute atomic E-state index is 0.0246. The van der Waals surface area contributed by atoms with Gasteiger partial charge < -0.3 is 5.73 Å². The summed E-state index contributed by atoms with van der Waals surface area (Å²) in [5, 5.41) is 7.97. The van der Waals surface area contributed by atoms with Crippen LogP contribution in [0.25, 0.3) is 0 Å². The molecule has 0 aliphatic carbocycles. The number of nitrogens with two attached hydrogens (primary N) is 1. The first-order valence-electron chi connectivity index (χ1n) is 4.30. The third-order valence-corrected chi connectivity index (χ3v) is 2.61. The van der Waals surface area contributed by atoms with E-state index < -0.39 is 0 Å². The van der Waals surface area contributed by atoms with Crippen LogP contribution in [0.3, 0.4) is 0 Å². The van der Waals surface area contributed by atoms with Crippen LogP contribution in [0.1, 0.15) is 12.8 Å². The Labute approximate surface area is 85.2 Å². The molecular formula is C8H10N4OS. The number of hydrogen-bond acceptors (Lipinski definition) is 5. The monoisotopic (exact) mass is 210 g/mol. The Morgan fingerprint density at radius 1 is 1.64 bits per heavy atom. The lowest BCUT2D eigenvalue weighted by Gasteiger charge is -2.05. The summed E-state index contributed by atoms with van der Waals surface area (Å²) in [5.74, 6) is -0.0246. The molecule has 2 heterocycles. The Bertz CT molecular complexity index is 359. The predicted molar refractivity (Wildman–Crippen MR) is 55.3 cm³/mol. The fourth-order valence-corrected chi connectivity index (χ4v) is 1.86. The van der Waals surface area contributed by atoms with Crippen molar-refractivity contribution in [3.8, 4) is 0 Å². The van der Waals surface area contributed by atoms with Gasteiger partial charge in [0.25, 0.3) is 5.91 Å². The molecule has 0 bridgehead atoms. The van der Waals surface area contributed by atoms with E-state index in [1.54, 1.807) is 6.20 Å². The van der Waals surface area contributed by atoms with Crippen LogP contribution in [-0.4, -0.2) is 23.1 Å². The maximum absolute atomic E-state index is 11.5. The van der Waals surface area contributed by atoms with Crippen LogP contribution in [0, 0.1) is 0 Å². The zero-order chi connectivity index (χ0) is 9.97. The fraction of sp³-hybridized carbons (Fsp3) is 0.375. The van der Waals surface area contributed by atoms with Gasteiger partial charge in [-0.05, 0) is 6.54 Å². The minimum Gasteiger partial charge on any atom is -0.330 e. The van der Waals surface area contributed by atoms with Crippen molar-refractivity contribution < 1.29 is 4.79 Å². The Morgan fingerprint density at radius 2 is 2.50 bits per heavy atom. The molecule has 0 aromatic carbocycles. The highest BCUT2D eigenvalue weighted by molar-refractivity contribution is 7.13. The van der Waals surface area contributed by atoms with Crippen molar-refractivity contribution in [1.82, 2.24) is 4.98 Å². The second-order valence-electron chi connectivity index (χ2n) is 2.90. The van der Waals surface area contributed by atoms with Crippen molar-refractivity contribution in [3.63, 3.8) is 0 Å². The van der Waals surface area contributed by atoms with Crippen molar-refractivity contribution in [1.29, 1.82) is 0 Å². The molecule has 2 rings (SSSR count). The summed E-state index contributed by atoms with van der Waals surface area (Å²) in [5.41, 5.74) is 6.23. The quantitative estimate of drug-likeness (QED) is 0.793. The number of thiazole rings is 1. The molecule has 0 radical (unpaired) electrons. The van der Waals surface area contributed by atoms with Gasteiger partial charge in [0.1, 0.15) is 0 Å². The topological polar surface area (TPSA) is 71.6 Å². The number of carbonyl (C=O) groups excluding carboxylic acids is 1. The van der Waals surface area contributed by atoms with E-state index in [0.717, 1.165) is 5.71 Å². The molecule has 1 aromatic rings. The van der Waals surface area contributed by atoms with E-state index in [1.165, 1.54) is 16.3 Å². The second kappa shape index (κ2) is 3.85. The molecule has 0 saturated carbocycles. The van der Waals surface area contributed by atoms with Crippen LogP contribution in [0.4, 0.5) is 5.13 Å². The van der Waals surface area contributed by atoms with Gasteiger partial charge in [-0.15, -0.1) is 11.3 Å². The normalized spacial score (nSPS) is 16.2. The Hall–Kier alpha value is -1.27. The highest BCUT2D eigenvalue weighted by Gasteiger charge is 2.25. The molecule has 5 nitrogen and oxygen atoms in total. The molecule has 74 valence electrons. The maximum atomic E-state index is 11.5. The molecule has 1 amide bonds. The Morgan fingerprint density at radius 3 is 3.14 bits per heavy atom. The number of hydrogen-bond donors (Lipinski definition) is 1. The summed E-state index contributed by atoms with van der Waals surface area (Å²) >= 11 is 1.40. The van der Waals surface area contributed by atoms with Gasteiger partial charge in [-0.25, -0.2) is 4.98 Å². The summed E-state index contributed by atoms with van der Waals surface area (Å²) < 4.78 is 0. The van der Waals surface area contributed by atoms with Gasteiger partial charge in [0.2, 0.25) is 5.13 Å². The van der Waals surface area contributed by atoms with Crippen LogP contribution < -0.4 is 10.7 Å². The summed E-state index contributed by atoms with van der Waals surface area (Å²) in [4.78, 5) is 15.5. The van der Waals surface area contributed by atoms with Crippen LogP contribution in [0.5, 0.6) is 0 Å².